The lowest BCUT2D eigenvalue weighted by atomic mass is 10.4. The maximum absolute atomic E-state index is 11.4. The van der Waals surface area contributed by atoms with Crippen LogP contribution in [0.15, 0.2) is 0 Å². The molecule has 1 saturated carbocycles. The van der Waals surface area contributed by atoms with E-state index in [1.165, 1.54) is 11.8 Å². The Morgan fingerprint density at radius 1 is 1.44 bits per heavy atom. The summed E-state index contributed by atoms with van der Waals surface area (Å²) in [5.74, 6) is 0.0413. The summed E-state index contributed by atoms with van der Waals surface area (Å²) in [7, 11) is 0. The minimum atomic E-state index is -0.874. The molecule has 16 heavy (non-hydrogen) atoms. The Hall–Kier alpha value is -0.130. The third-order valence-electron chi connectivity index (χ3n) is 2.15. The van der Waals surface area contributed by atoms with Crippen LogP contribution in [0, 0.1) is 5.92 Å². The van der Waals surface area contributed by atoms with Gasteiger partial charge in [0.1, 0.15) is 4.33 Å². The van der Waals surface area contributed by atoms with Gasteiger partial charge in [-0.05, 0) is 6.42 Å². The van der Waals surface area contributed by atoms with Crippen molar-refractivity contribution in [1.29, 1.82) is 0 Å². The van der Waals surface area contributed by atoms with Crippen molar-refractivity contribution in [3.8, 4) is 0 Å². The van der Waals surface area contributed by atoms with Crippen molar-refractivity contribution in [2.75, 3.05) is 18.1 Å². The topological polar surface area (TPSA) is 66.4 Å². The number of carbonyl (C=O) groups excluding carboxylic acids is 1. The molecule has 1 fully saturated rings. The molecule has 7 heteroatoms. The highest BCUT2D eigenvalue weighted by Crippen LogP contribution is 2.53. The zero-order valence-corrected chi connectivity index (χ0v) is 10.9. The molecule has 0 spiro atoms. The monoisotopic (exact) mass is 285 g/mol. The second-order valence-electron chi connectivity index (χ2n) is 3.56. The van der Waals surface area contributed by atoms with E-state index in [0.29, 0.717) is 24.5 Å². The Morgan fingerprint density at radius 2 is 2.06 bits per heavy atom. The Morgan fingerprint density at radius 3 is 2.56 bits per heavy atom. The van der Waals surface area contributed by atoms with E-state index in [1.807, 2.05) is 0 Å². The summed E-state index contributed by atoms with van der Waals surface area (Å²) in [6.07, 6.45) is 0.655. The predicted octanol–water partition coefficient (Wildman–Crippen LogP) is 1.50. The van der Waals surface area contributed by atoms with E-state index >= 15 is 0 Å². The standard InChI is InChI=1S/C9H13Cl2NO3S/c10-9(11)5-6(9)8(15)12-2-4-16-3-1-7(13)14/h6H,1-5H2,(H,12,15)(H,13,14). The zero-order chi connectivity index (χ0) is 12.2. The number of halogens is 2. The van der Waals surface area contributed by atoms with Crippen molar-refractivity contribution < 1.29 is 14.7 Å². The molecule has 92 valence electrons. The van der Waals surface area contributed by atoms with E-state index in [1.54, 1.807) is 0 Å². The number of rotatable bonds is 7. The third kappa shape index (κ3) is 4.80. The lowest BCUT2D eigenvalue weighted by Crippen LogP contribution is -2.28. The summed E-state index contributed by atoms with van der Waals surface area (Å²) < 4.78 is -0.874. The van der Waals surface area contributed by atoms with Gasteiger partial charge >= 0.3 is 5.97 Å². The van der Waals surface area contributed by atoms with Crippen molar-refractivity contribution >= 4 is 46.8 Å². The van der Waals surface area contributed by atoms with Gasteiger partial charge < -0.3 is 10.4 Å². The van der Waals surface area contributed by atoms with Gasteiger partial charge in [-0.1, -0.05) is 0 Å². The number of nitrogens with one attached hydrogen (secondary N) is 1. The number of aliphatic carboxylic acids is 1. The van der Waals surface area contributed by atoms with Crippen molar-refractivity contribution in [2.45, 2.75) is 17.2 Å². The summed E-state index contributed by atoms with van der Waals surface area (Å²) in [6.45, 7) is 0.517. The largest absolute Gasteiger partial charge is 0.481 e. The van der Waals surface area contributed by atoms with Crippen LogP contribution in [0.4, 0.5) is 0 Å². The average Bonchev–Trinajstić information content (AvgIpc) is 2.80. The number of carboxylic acid groups (broad SMARTS) is 1. The molecule has 0 saturated heterocycles. The highest BCUT2D eigenvalue weighted by atomic mass is 35.5. The van der Waals surface area contributed by atoms with Crippen molar-refractivity contribution in [3.63, 3.8) is 0 Å². The first-order valence-corrected chi connectivity index (χ1v) is 6.79. The zero-order valence-electron chi connectivity index (χ0n) is 8.54. The van der Waals surface area contributed by atoms with E-state index in [2.05, 4.69) is 5.32 Å². The molecule has 1 unspecified atom stereocenters. The minimum absolute atomic E-state index is 0.121. The smallest absolute Gasteiger partial charge is 0.304 e. The molecular formula is C9H13Cl2NO3S. The van der Waals surface area contributed by atoms with Crippen LogP contribution in [0.25, 0.3) is 0 Å². The van der Waals surface area contributed by atoms with Crippen LogP contribution in [-0.4, -0.2) is 39.4 Å². The number of carbonyl (C=O) groups is 2. The van der Waals surface area contributed by atoms with Crippen molar-refractivity contribution in [2.24, 2.45) is 5.92 Å². The first-order chi connectivity index (χ1) is 7.43. The lowest BCUT2D eigenvalue weighted by Gasteiger charge is -2.04. The van der Waals surface area contributed by atoms with Crippen molar-refractivity contribution in [3.05, 3.63) is 0 Å². The SMILES string of the molecule is O=C(O)CCSCCNC(=O)C1CC1(Cl)Cl. The second kappa shape index (κ2) is 5.98. The first-order valence-electron chi connectivity index (χ1n) is 4.88. The maximum atomic E-state index is 11.4. The Kier molecular flexibility index (Phi) is 5.21. The van der Waals surface area contributed by atoms with E-state index in [0.717, 1.165) is 0 Å². The summed E-state index contributed by atoms with van der Waals surface area (Å²) >= 11 is 13.0. The maximum Gasteiger partial charge on any atom is 0.304 e. The highest BCUT2D eigenvalue weighted by Gasteiger charge is 2.56. The summed E-state index contributed by atoms with van der Waals surface area (Å²) in [5, 5.41) is 11.1. The Labute approximate surface area is 108 Å². The highest BCUT2D eigenvalue weighted by molar-refractivity contribution is 7.99. The summed E-state index contributed by atoms with van der Waals surface area (Å²) in [4.78, 5) is 21.6. The van der Waals surface area contributed by atoms with Crippen LogP contribution in [0.5, 0.6) is 0 Å². The van der Waals surface area contributed by atoms with Gasteiger partial charge in [0.15, 0.2) is 0 Å². The van der Waals surface area contributed by atoms with Gasteiger partial charge in [0.2, 0.25) is 5.91 Å². The second-order valence-corrected chi connectivity index (χ2v) is 6.33. The van der Waals surface area contributed by atoms with Gasteiger partial charge in [-0.15, -0.1) is 23.2 Å². The minimum Gasteiger partial charge on any atom is -0.481 e. The van der Waals surface area contributed by atoms with Crippen LogP contribution < -0.4 is 5.32 Å². The molecule has 1 rings (SSSR count). The van der Waals surface area contributed by atoms with Crippen LogP contribution in [0.3, 0.4) is 0 Å². The molecule has 0 heterocycles. The molecule has 1 amide bonds. The normalized spacial score (nSPS) is 21.5. The quantitative estimate of drug-likeness (QED) is 0.550. The van der Waals surface area contributed by atoms with Crippen LogP contribution in [-0.2, 0) is 9.59 Å². The fourth-order valence-electron chi connectivity index (χ4n) is 1.13. The molecule has 1 aliphatic carbocycles. The molecule has 2 N–H and O–H groups in total. The van der Waals surface area contributed by atoms with Gasteiger partial charge in [-0.2, -0.15) is 11.8 Å². The molecule has 1 atom stereocenters. The fraction of sp³-hybridized carbons (Fsp3) is 0.778. The Bertz CT molecular complexity index is 286. The van der Waals surface area contributed by atoms with Crippen LogP contribution >= 0.6 is 35.0 Å². The predicted molar refractivity (Wildman–Crippen MR) is 65.1 cm³/mol. The number of amides is 1. The van der Waals surface area contributed by atoms with Gasteiger partial charge in [0.05, 0.1) is 12.3 Å². The fourth-order valence-corrected chi connectivity index (χ4v) is 2.41. The summed E-state index contributed by atoms with van der Waals surface area (Å²) in [5.41, 5.74) is 0. The van der Waals surface area contributed by atoms with E-state index in [9.17, 15) is 9.59 Å². The van der Waals surface area contributed by atoms with E-state index in [4.69, 9.17) is 28.3 Å². The number of hydrogen-bond acceptors (Lipinski definition) is 3. The van der Waals surface area contributed by atoms with E-state index in [-0.39, 0.29) is 18.2 Å². The van der Waals surface area contributed by atoms with Gasteiger partial charge in [-0.25, -0.2) is 0 Å². The molecule has 0 aromatic heterocycles. The molecule has 1 aliphatic rings. The number of hydrogen-bond donors (Lipinski definition) is 2. The molecular weight excluding hydrogens is 273 g/mol. The molecule has 0 aromatic rings. The lowest BCUT2D eigenvalue weighted by molar-refractivity contribution is -0.136. The first kappa shape index (κ1) is 13.9. The number of thioether (sulfide) groups is 1. The number of alkyl halides is 2. The molecule has 0 aromatic carbocycles. The average molecular weight is 286 g/mol. The molecule has 0 radical (unpaired) electrons. The van der Waals surface area contributed by atoms with Gasteiger partial charge in [0, 0.05) is 18.1 Å². The third-order valence-corrected chi connectivity index (χ3v) is 3.97. The van der Waals surface area contributed by atoms with E-state index < -0.39 is 10.3 Å². The van der Waals surface area contributed by atoms with Crippen LogP contribution in [0.2, 0.25) is 0 Å². The summed E-state index contributed by atoms with van der Waals surface area (Å²) in [6, 6.07) is 0. The molecule has 4 nitrogen and oxygen atoms in total. The molecule has 0 bridgehead atoms. The van der Waals surface area contributed by atoms with Gasteiger partial charge in [-0.3, -0.25) is 9.59 Å². The van der Waals surface area contributed by atoms with Gasteiger partial charge in [0.25, 0.3) is 0 Å². The molecule has 0 aliphatic heterocycles. The number of carboxylic acids is 1. The van der Waals surface area contributed by atoms with Crippen molar-refractivity contribution in [1.82, 2.24) is 5.32 Å². The van der Waals surface area contributed by atoms with Crippen LogP contribution in [0.1, 0.15) is 12.8 Å². The Balaban J connectivity index is 1.96.